The molecular formula is C35H50N2O3. The second kappa shape index (κ2) is 9.87. The average molecular weight is 547 g/mol. The lowest BCUT2D eigenvalue weighted by atomic mass is 9.52. The fraction of sp³-hybridized carbons (Fsp3) is 0.743. The first kappa shape index (κ1) is 27.0. The van der Waals surface area contributed by atoms with E-state index in [2.05, 4.69) is 27.7 Å². The Morgan fingerprint density at radius 2 is 1.90 bits per heavy atom. The predicted octanol–water partition coefficient (Wildman–Crippen LogP) is 7.10. The van der Waals surface area contributed by atoms with E-state index in [0.717, 1.165) is 48.6 Å². The van der Waals surface area contributed by atoms with Crippen molar-refractivity contribution in [2.45, 2.75) is 116 Å². The van der Waals surface area contributed by atoms with E-state index in [1.165, 1.54) is 50.5 Å². The van der Waals surface area contributed by atoms with E-state index in [-0.39, 0.29) is 29.8 Å². The lowest BCUT2D eigenvalue weighted by Gasteiger charge is -2.54. The topological polar surface area (TPSA) is 64.8 Å². The fourth-order valence-electron chi connectivity index (χ4n) is 11.0. The van der Waals surface area contributed by atoms with Gasteiger partial charge in [-0.25, -0.2) is 4.79 Å². The van der Waals surface area contributed by atoms with Crippen LogP contribution in [-0.4, -0.2) is 41.3 Å². The molecule has 4 aliphatic carbocycles. The van der Waals surface area contributed by atoms with Gasteiger partial charge in [0.05, 0.1) is 17.7 Å². The monoisotopic (exact) mass is 546 g/mol. The predicted molar refractivity (Wildman–Crippen MR) is 157 cm³/mol. The maximum absolute atomic E-state index is 13.5. The quantitative estimate of drug-likeness (QED) is 0.402. The van der Waals surface area contributed by atoms with Gasteiger partial charge in [-0.2, -0.15) is 0 Å². The van der Waals surface area contributed by atoms with Crippen LogP contribution in [0.4, 0.5) is 4.79 Å². The van der Waals surface area contributed by atoms with Crippen LogP contribution in [0.25, 0.3) is 0 Å². The van der Waals surface area contributed by atoms with Crippen molar-refractivity contribution in [3.8, 4) is 0 Å². The first-order chi connectivity index (χ1) is 19.2. The molecule has 5 nitrogen and oxygen atoms in total. The molecule has 40 heavy (non-hydrogen) atoms. The minimum absolute atomic E-state index is 0.0805. The van der Waals surface area contributed by atoms with Crippen molar-refractivity contribution >= 4 is 6.09 Å². The number of nitrogens with zero attached hydrogens (tertiary/aromatic N) is 1. The molecule has 2 saturated heterocycles. The van der Waals surface area contributed by atoms with Crippen molar-refractivity contribution in [2.24, 2.45) is 46.7 Å². The van der Waals surface area contributed by atoms with Crippen LogP contribution in [0.3, 0.4) is 0 Å². The average Bonchev–Trinajstić information content (AvgIpc) is 3.47. The number of allylic oxidation sites excluding steroid dienone is 1. The van der Waals surface area contributed by atoms with E-state index in [4.69, 9.17) is 15.2 Å². The summed E-state index contributed by atoms with van der Waals surface area (Å²) in [6.45, 7) is 10.7. The summed E-state index contributed by atoms with van der Waals surface area (Å²) in [5.74, 6) is 3.83. The smallest absolute Gasteiger partial charge is 0.410 e. The Hall–Kier alpha value is -1.85. The number of ether oxygens (including phenoxy) is 2. The molecule has 218 valence electrons. The van der Waals surface area contributed by atoms with Gasteiger partial charge < -0.3 is 20.1 Å². The first-order valence-electron chi connectivity index (χ1n) is 16.3. The van der Waals surface area contributed by atoms with Gasteiger partial charge >= 0.3 is 6.09 Å². The van der Waals surface area contributed by atoms with Gasteiger partial charge in [-0.15, -0.1) is 0 Å². The molecule has 6 aliphatic rings. The Morgan fingerprint density at radius 3 is 2.70 bits per heavy atom. The number of nitrogens with two attached hydrogens (primary N) is 1. The molecule has 2 heterocycles. The molecule has 1 unspecified atom stereocenters. The molecule has 1 aromatic carbocycles. The first-order valence-corrected chi connectivity index (χ1v) is 16.3. The van der Waals surface area contributed by atoms with Gasteiger partial charge in [-0.05, 0) is 111 Å². The Kier molecular flexibility index (Phi) is 6.66. The third kappa shape index (κ3) is 4.04. The Balaban J connectivity index is 1.15. The second-order valence-electron chi connectivity index (χ2n) is 14.9. The number of rotatable bonds is 2. The summed E-state index contributed by atoms with van der Waals surface area (Å²) in [7, 11) is 0. The second-order valence-corrected chi connectivity index (χ2v) is 14.9. The Bertz CT molecular complexity index is 1170. The van der Waals surface area contributed by atoms with Gasteiger partial charge in [-0.1, -0.05) is 56.7 Å². The molecule has 3 saturated carbocycles. The van der Waals surface area contributed by atoms with Gasteiger partial charge in [-0.3, -0.25) is 0 Å². The van der Waals surface area contributed by atoms with Crippen LogP contribution in [0.2, 0.25) is 0 Å². The highest BCUT2D eigenvalue weighted by molar-refractivity contribution is 5.68. The summed E-state index contributed by atoms with van der Waals surface area (Å²) < 4.78 is 13.1. The number of hydrogen-bond acceptors (Lipinski definition) is 4. The zero-order valence-corrected chi connectivity index (χ0v) is 25.1. The normalized spacial score (nSPS) is 46.0. The molecule has 0 aromatic heterocycles. The van der Waals surface area contributed by atoms with E-state index in [0.29, 0.717) is 24.0 Å². The zero-order chi connectivity index (χ0) is 27.8. The van der Waals surface area contributed by atoms with E-state index in [1.54, 1.807) is 5.57 Å². The highest BCUT2D eigenvalue weighted by Gasteiger charge is 2.63. The van der Waals surface area contributed by atoms with E-state index in [1.807, 2.05) is 35.2 Å². The van der Waals surface area contributed by atoms with Crippen LogP contribution in [0, 0.1) is 40.9 Å². The lowest BCUT2D eigenvalue weighted by Crippen LogP contribution is -2.54. The molecule has 0 radical (unpaired) electrons. The van der Waals surface area contributed by atoms with E-state index >= 15 is 0 Å². The minimum atomic E-state index is -0.244. The van der Waals surface area contributed by atoms with E-state index < -0.39 is 0 Å². The maximum atomic E-state index is 13.5. The maximum Gasteiger partial charge on any atom is 0.410 e. The highest BCUT2D eigenvalue weighted by Crippen LogP contribution is 2.66. The number of carbonyl (C=O) groups is 1. The van der Waals surface area contributed by atoms with Crippen LogP contribution in [-0.2, 0) is 16.1 Å². The third-order valence-corrected chi connectivity index (χ3v) is 13.1. The standard InChI is InChI=1S/C35H50N2O3/c1-21-16-31-32(37(19-21)33(38)39-20-24-8-6-5-7-9-24)23(3)35(40-31)15-13-27-28-11-10-25-17-26(36)12-14-34(25,4)30(28)18-29(27)22(35)2/h5-9,21,23,25-28,30-32H,10-20,36H2,1-4H3/t21-,23+,25+,26+,27-,28?,30-,31+,32-,34-,35-/m0/s1. The van der Waals surface area contributed by atoms with Crippen molar-refractivity contribution in [1.29, 1.82) is 0 Å². The molecule has 1 aromatic rings. The lowest BCUT2D eigenvalue weighted by molar-refractivity contribution is -0.0665. The van der Waals surface area contributed by atoms with Crippen molar-refractivity contribution < 1.29 is 14.3 Å². The molecule has 2 aliphatic heterocycles. The Morgan fingerprint density at radius 1 is 1.10 bits per heavy atom. The third-order valence-electron chi connectivity index (χ3n) is 13.1. The van der Waals surface area contributed by atoms with Crippen LogP contribution >= 0.6 is 0 Å². The molecule has 1 amide bonds. The van der Waals surface area contributed by atoms with Gasteiger partial charge in [0, 0.05) is 18.5 Å². The Labute approximate surface area is 241 Å². The van der Waals surface area contributed by atoms with Crippen molar-refractivity contribution in [1.82, 2.24) is 4.90 Å². The van der Waals surface area contributed by atoms with Crippen molar-refractivity contribution in [3.63, 3.8) is 0 Å². The van der Waals surface area contributed by atoms with Crippen LogP contribution in [0.1, 0.15) is 91.0 Å². The molecule has 7 rings (SSSR count). The molecule has 11 atom stereocenters. The van der Waals surface area contributed by atoms with Crippen LogP contribution in [0.5, 0.6) is 0 Å². The molecule has 5 fully saturated rings. The number of amides is 1. The van der Waals surface area contributed by atoms with Gasteiger partial charge in [0.25, 0.3) is 0 Å². The summed E-state index contributed by atoms with van der Waals surface area (Å²) in [4.78, 5) is 15.6. The van der Waals surface area contributed by atoms with Gasteiger partial charge in [0.2, 0.25) is 0 Å². The summed E-state index contributed by atoms with van der Waals surface area (Å²) in [5.41, 5.74) is 10.9. The van der Waals surface area contributed by atoms with E-state index in [9.17, 15) is 4.79 Å². The van der Waals surface area contributed by atoms with Crippen LogP contribution < -0.4 is 5.73 Å². The number of fused-ring (bicyclic) bond motifs is 6. The number of carbonyl (C=O) groups excluding carboxylic acids is 1. The number of benzene rings is 1. The SMILES string of the molecule is CC1=C2C[C@H]3C(CC[C@@H]4C[C@H](N)CC[C@@]43C)[C@@H]2CC[C@]12O[C@@H]1C[C@H](C)CN(C(=O)OCc3ccccc3)[C@H]1[C@H]2C. The number of hydrogen-bond donors (Lipinski definition) is 1. The molecule has 0 bridgehead atoms. The number of likely N-dealkylation sites (tertiary alicyclic amines) is 1. The van der Waals surface area contributed by atoms with Gasteiger partial charge in [0.15, 0.2) is 0 Å². The zero-order valence-electron chi connectivity index (χ0n) is 25.1. The summed E-state index contributed by atoms with van der Waals surface area (Å²) in [6, 6.07) is 10.5. The summed E-state index contributed by atoms with van der Waals surface area (Å²) >= 11 is 0. The minimum Gasteiger partial charge on any atom is -0.445 e. The molecule has 5 heteroatoms. The number of piperidine rings is 1. The largest absolute Gasteiger partial charge is 0.445 e. The summed E-state index contributed by atoms with van der Waals surface area (Å²) in [5, 5.41) is 0. The van der Waals surface area contributed by atoms with Crippen LogP contribution in [0.15, 0.2) is 41.5 Å². The molecule has 2 N–H and O–H groups in total. The molecular weight excluding hydrogens is 496 g/mol. The highest BCUT2D eigenvalue weighted by atomic mass is 16.6. The van der Waals surface area contributed by atoms with Gasteiger partial charge in [0.1, 0.15) is 6.61 Å². The van der Waals surface area contributed by atoms with Crippen molar-refractivity contribution in [3.05, 3.63) is 47.0 Å². The summed E-state index contributed by atoms with van der Waals surface area (Å²) in [6.07, 6.45) is 11.0. The fourth-order valence-corrected chi connectivity index (χ4v) is 11.0. The van der Waals surface area contributed by atoms with Crippen molar-refractivity contribution in [2.75, 3.05) is 6.54 Å². The molecule has 1 spiro atoms.